The minimum Gasteiger partial charge on any atom is -0.353 e. The molecule has 6 nitrogen and oxygen atoms in total. The summed E-state index contributed by atoms with van der Waals surface area (Å²) in [4.78, 5) is 24.2. The fourth-order valence-electron chi connectivity index (χ4n) is 1.98. The zero-order chi connectivity index (χ0) is 18.1. The van der Waals surface area contributed by atoms with Crippen molar-refractivity contribution in [2.45, 2.75) is 39.4 Å². The maximum atomic E-state index is 12.8. The molecule has 0 aromatic heterocycles. The first kappa shape index (κ1) is 19.9. The number of hydrogen-bond donors (Lipinski definition) is 4. The van der Waals surface area contributed by atoms with Crippen molar-refractivity contribution < 1.29 is 14.0 Å². The third-order valence-electron chi connectivity index (χ3n) is 3.68. The van der Waals surface area contributed by atoms with Crippen LogP contribution >= 0.6 is 0 Å². The fraction of sp³-hybridized carbons (Fsp3) is 0.529. The van der Waals surface area contributed by atoms with Gasteiger partial charge in [-0.1, -0.05) is 26.0 Å². The van der Waals surface area contributed by atoms with Crippen LogP contribution in [0.2, 0.25) is 0 Å². The van der Waals surface area contributed by atoms with Crippen LogP contribution in [0.4, 0.5) is 9.18 Å². The number of carbonyl (C=O) groups is 2. The van der Waals surface area contributed by atoms with E-state index >= 15 is 0 Å². The number of hydrogen-bond acceptors (Lipinski definition) is 3. The van der Waals surface area contributed by atoms with E-state index in [1.165, 1.54) is 12.1 Å². The molecule has 2 unspecified atom stereocenters. The second-order valence-corrected chi connectivity index (χ2v) is 6.11. The van der Waals surface area contributed by atoms with E-state index in [1.54, 1.807) is 12.1 Å². The van der Waals surface area contributed by atoms with Gasteiger partial charge in [0.25, 0.3) is 0 Å². The smallest absolute Gasteiger partial charge is 0.315 e. The van der Waals surface area contributed by atoms with Gasteiger partial charge >= 0.3 is 6.03 Å². The first-order valence-electron chi connectivity index (χ1n) is 8.07. The Morgan fingerprint density at radius 3 is 2.25 bits per heavy atom. The van der Waals surface area contributed by atoms with Crippen LogP contribution in [0.1, 0.15) is 26.3 Å². The highest BCUT2D eigenvalue weighted by atomic mass is 19.1. The number of rotatable bonds is 8. The molecule has 0 aliphatic carbocycles. The number of carbonyl (C=O) groups excluding carboxylic acids is 2. The molecule has 1 rings (SSSR count). The molecule has 24 heavy (non-hydrogen) atoms. The molecule has 134 valence electrons. The van der Waals surface area contributed by atoms with Crippen LogP contribution in [0.3, 0.4) is 0 Å². The lowest BCUT2D eigenvalue weighted by molar-refractivity contribution is -0.123. The summed E-state index contributed by atoms with van der Waals surface area (Å²) in [6, 6.07) is 4.96. The minimum atomic E-state index is -0.623. The zero-order valence-electron chi connectivity index (χ0n) is 14.7. The molecule has 0 bridgehead atoms. The molecule has 0 fully saturated rings. The lowest BCUT2D eigenvalue weighted by Gasteiger charge is -2.23. The van der Waals surface area contributed by atoms with Gasteiger partial charge in [0, 0.05) is 19.1 Å². The maximum absolute atomic E-state index is 12.8. The Morgan fingerprint density at radius 2 is 1.71 bits per heavy atom. The molecule has 0 saturated carbocycles. The summed E-state index contributed by atoms with van der Waals surface area (Å²) in [6.45, 7) is 6.43. The van der Waals surface area contributed by atoms with Crippen molar-refractivity contribution in [1.29, 1.82) is 0 Å². The van der Waals surface area contributed by atoms with Gasteiger partial charge in [-0.15, -0.1) is 0 Å². The average molecular weight is 338 g/mol. The van der Waals surface area contributed by atoms with Gasteiger partial charge in [0.1, 0.15) is 11.9 Å². The van der Waals surface area contributed by atoms with E-state index in [-0.39, 0.29) is 30.2 Å². The highest BCUT2D eigenvalue weighted by molar-refractivity contribution is 5.87. The monoisotopic (exact) mass is 338 g/mol. The van der Waals surface area contributed by atoms with Gasteiger partial charge in [0.05, 0.1) is 0 Å². The van der Waals surface area contributed by atoms with E-state index in [2.05, 4.69) is 21.3 Å². The van der Waals surface area contributed by atoms with E-state index in [4.69, 9.17) is 0 Å². The minimum absolute atomic E-state index is 0.0496. The van der Waals surface area contributed by atoms with Crippen LogP contribution in [-0.4, -0.2) is 37.6 Å². The van der Waals surface area contributed by atoms with Crippen LogP contribution in [0.15, 0.2) is 24.3 Å². The lowest BCUT2D eigenvalue weighted by Crippen LogP contribution is -2.53. The Bertz CT molecular complexity index is 534. The van der Waals surface area contributed by atoms with Crippen molar-refractivity contribution in [3.63, 3.8) is 0 Å². The van der Waals surface area contributed by atoms with E-state index < -0.39 is 12.1 Å². The summed E-state index contributed by atoms with van der Waals surface area (Å²) in [5, 5.41) is 11.2. The van der Waals surface area contributed by atoms with Crippen LogP contribution in [-0.2, 0) is 11.3 Å². The maximum Gasteiger partial charge on any atom is 0.315 e. The van der Waals surface area contributed by atoms with Crippen LogP contribution in [0.5, 0.6) is 0 Å². The Labute approximate surface area is 142 Å². The molecular weight excluding hydrogens is 311 g/mol. The van der Waals surface area contributed by atoms with Gasteiger partial charge in [-0.25, -0.2) is 9.18 Å². The Morgan fingerprint density at radius 1 is 1.08 bits per heavy atom. The molecule has 0 spiro atoms. The summed E-state index contributed by atoms with van der Waals surface area (Å²) in [6.07, 6.45) is 0. The molecule has 0 aliphatic heterocycles. The van der Waals surface area contributed by atoms with Gasteiger partial charge in [-0.3, -0.25) is 4.79 Å². The van der Waals surface area contributed by atoms with Crippen molar-refractivity contribution in [3.8, 4) is 0 Å². The molecule has 4 N–H and O–H groups in total. The Balaban J connectivity index is 2.49. The third kappa shape index (κ3) is 6.95. The molecule has 0 saturated heterocycles. The highest BCUT2D eigenvalue weighted by Gasteiger charge is 2.24. The van der Waals surface area contributed by atoms with E-state index in [0.29, 0.717) is 6.54 Å². The normalized spacial score (nSPS) is 13.2. The first-order chi connectivity index (χ1) is 11.3. The summed E-state index contributed by atoms with van der Waals surface area (Å²) in [5.41, 5.74) is 0.778. The topological polar surface area (TPSA) is 82.3 Å². The highest BCUT2D eigenvalue weighted by Crippen LogP contribution is 2.04. The molecule has 0 aliphatic rings. The van der Waals surface area contributed by atoms with Crippen molar-refractivity contribution in [1.82, 2.24) is 21.3 Å². The second kappa shape index (κ2) is 9.87. The van der Waals surface area contributed by atoms with E-state index in [0.717, 1.165) is 5.56 Å². The SMILES string of the molecule is CNC(C)CNC(=O)C(NC(=O)NCc1ccc(F)cc1)C(C)C. The van der Waals surface area contributed by atoms with Crippen molar-refractivity contribution in [3.05, 3.63) is 35.6 Å². The molecule has 0 radical (unpaired) electrons. The van der Waals surface area contributed by atoms with Crippen molar-refractivity contribution in [2.24, 2.45) is 5.92 Å². The van der Waals surface area contributed by atoms with Crippen molar-refractivity contribution in [2.75, 3.05) is 13.6 Å². The van der Waals surface area contributed by atoms with Crippen LogP contribution in [0.25, 0.3) is 0 Å². The predicted octanol–water partition coefficient (Wildman–Crippen LogP) is 1.37. The largest absolute Gasteiger partial charge is 0.353 e. The average Bonchev–Trinajstić information content (AvgIpc) is 2.56. The summed E-state index contributed by atoms with van der Waals surface area (Å²) in [7, 11) is 1.82. The zero-order valence-corrected chi connectivity index (χ0v) is 14.7. The summed E-state index contributed by atoms with van der Waals surface area (Å²) in [5.74, 6) is -0.592. The lowest BCUT2D eigenvalue weighted by atomic mass is 10.0. The number of urea groups is 1. The van der Waals surface area contributed by atoms with Gasteiger partial charge in [0.2, 0.25) is 5.91 Å². The van der Waals surface area contributed by atoms with Gasteiger partial charge in [-0.2, -0.15) is 0 Å². The number of benzene rings is 1. The summed E-state index contributed by atoms with van der Waals surface area (Å²) < 4.78 is 12.8. The molecule has 2 atom stereocenters. The number of halogens is 1. The number of nitrogens with one attached hydrogen (secondary N) is 4. The number of likely N-dealkylation sites (N-methyl/N-ethyl adjacent to an activating group) is 1. The Hall–Kier alpha value is -2.15. The second-order valence-electron chi connectivity index (χ2n) is 6.11. The molecule has 1 aromatic rings. The first-order valence-corrected chi connectivity index (χ1v) is 8.07. The molecule has 1 aromatic carbocycles. The molecule has 0 heterocycles. The molecule has 3 amide bonds. The fourth-order valence-corrected chi connectivity index (χ4v) is 1.98. The van der Waals surface area contributed by atoms with E-state index in [1.807, 2.05) is 27.8 Å². The summed E-state index contributed by atoms with van der Waals surface area (Å²) >= 11 is 0. The molecule has 7 heteroatoms. The number of amides is 3. The standard InChI is InChI=1S/C17H27FN4O2/c1-11(2)15(16(23)20-9-12(3)19-4)22-17(24)21-10-13-5-7-14(18)8-6-13/h5-8,11-12,15,19H,9-10H2,1-4H3,(H,20,23)(H2,21,22,24). The molecular formula is C17H27FN4O2. The Kier molecular flexibility index (Phi) is 8.18. The predicted molar refractivity (Wildman–Crippen MR) is 91.9 cm³/mol. The van der Waals surface area contributed by atoms with Crippen molar-refractivity contribution >= 4 is 11.9 Å². The quantitative estimate of drug-likeness (QED) is 0.578. The van der Waals surface area contributed by atoms with Gasteiger partial charge in [-0.05, 0) is 37.6 Å². The van der Waals surface area contributed by atoms with Gasteiger partial charge < -0.3 is 21.3 Å². The van der Waals surface area contributed by atoms with Crippen LogP contribution in [0, 0.1) is 11.7 Å². The van der Waals surface area contributed by atoms with Gasteiger partial charge in [0.15, 0.2) is 0 Å². The van der Waals surface area contributed by atoms with E-state index in [9.17, 15) is 14.0 Å². The van der Waals surface area contributed by atoms with Crippen LogP contribution < -0.4 is 21.3 Å². The third-order valence-corrected chi connectivity index (χ3v) is 3.68.